The van der Waals surface area contributed by atoms with Crippen molar-refractivity contribution < 1.29 is 62.4 Å². The van der Waals surface area contributed by atoms with E-state index >= 15 is 0 Å². The molecule has 11 heterocycles. The third-order valence-electron chi connectivity index (χ3n) is 14.6. The standard InChI is InChI=1S/C41H58O13/c1-18-11-22-5-7-26-19(2)12-24(45-26)9-10-41-16-31-37(53-41)38-39(50-31)40(54-41)36-27(49-38)8-6-23(47-36)13-33(44)52-35-21(4)34-29(14-25(43)32(17-42)51-34)48-30(35)15-28(46-22)20(18)3/h18,21-32,34-40,42-43H,2-3,5-17H2,1,4H3/t18-,21+,22+,23-,24+,25+,26+,27+,28-,29+,30+,31+,32-,34+,35-,36+,37+,38+,39-,40+,41+/m1/s1. The molecule has 21 atom stereocenters. The monoisotopic (exact) mass is 758 g/mol. The third-order valence-corrected chi connectivity index (χ3v) is 14.6. The lowest BCUT2D eigenvalue weighted by Gasteiger charge is -2.51. The van der Waals surface area contributed by atoms with Gasteiger partial charge in [-0.05, 0) is 62.0 Å². The summed E-state index contributed by atoms with van der Waals surface area (Å²) in [6, 6.07) is 0. The van der Waals surface area contributed by atoms with E-state index in [0.29, 0.717) is 32.1 Å². The molecule has 0 aromatic rings. The van der Waals surface area contributed by atoms with Crippen LogP contribution in [-0.2, 0) is 52.2 Å². The maximum atomic E-state index is 14.0. The molecule has 300 valence electrons. The van der Waals surface area contributed by atoms with E-state index in [4.69, 9.17) is 47.4 Å². The van der Waals surface area contributed by atoms with Crippen LogP contribution in [0.3, 0.4) is 0 Å². The molecule has 11 saturated heterocycles. The first kappa shape index (κ1) is 36.8. The summed E-state index contributed by atoms with van der Waals surface area (Å²) < 4.78 is 66.5. The van der Waals surface area contributed by atoms with Gasteiger partial charge in [0.05, 0.1) is 80.2 Å². The van der Waals surface area contributed by atoms with Gasteiger partial charge in [0.15, 0.2) is 5.79 Å². The Balaban J connectivity index is 0.938. The molecule has 11 aliphatic rings. The number of rotatable bonds is 1. The highest BCUT2D eigenvalue weighted by Crippen LogP contribution is 2.54. The first-order chi connectivity index (χ1) is 26.0. The Labute approximate surface area is 317 Å². The Morgan fingerprint density at radius 1 is 0.667 bits per heavy atom. The fraction of sp³-hybridized carbons (Fsp3) is 0.878. The van der Waals surface area contributed by atoms with E-state index in [1.807, 2.05) is 6.92 Å². The SMILES string of the molecule is C=C1C[C@@H]2CC[C@@]34C[C@@H]5O[C@@H]6[C@@H](O[C@H]7CC[C@H](CC(=O)O[C@@H]8[C@@H](C)[C@@H]9O[C@H](CO)[C@@H](O)C[C@@H]9O[C@H]8C[C@H]8O[C@@H](CC[C@@H]1O2)C[C@@H](C)C8=C)O[C@@H]7[C@@H]6O3)[C@H]5O4. The number of ether oxygens (including phenoxy) is 10. The van der Waals surface area contributed by atoms with Crippen molar-refractivity contribution in [2.75, 3.05) is 6.61 Å². The van der Waals surface area contributed by atoms with Crippen LogP contribution < -0.4 is 0 Å². The van der Waals surface area contributed by atoms with E-state index in [2.05, 4.69) is 20.1 Å². The summed E-state index contributed by atoms with van der Waals surface area (Å²) in [7, 11) is 0. The first-order valence-corrected chi connectivity index (χ1v) is 20.8. The molecule has 0 saturated carbocycles. The van der Waals surface area contributed by atoms with Crippen molar-refractivity contribution in [2.24, 2.45) is 11.8 Å². The van der Waals surface area contributed by atoms with Crippen LogP contribution in [0.5, 0.6) is 0 Å². The van der Waals surface area contributed by atoms with E-state index in [1.165, 1.54) is 0 Å². The summed E-state index contributed by atoms with van der Waals surface area (Å²) in [5.41, 5.74) is 2.13. The number of fused-ring (bicyclic) bond motifs is 7. The molecule has 12 bridgehead atoms. The average Bonchev–Trinajstić information content (AvgIpc) is 3.73. The molecule has 1 spiro atoms. The molecule has 13 heteroatoms. The Morgan fingerprint density at radius 3 is 2.26 bits per heavy atom. The number of aliphatic hydroxyl groups excluding tert-OH is 2. The number of aliphatic hydroxyl groups is 2. The van der Waals surface area contributed by atoms with Gasteiger partial charge >= 0.3 is 5.97 Å². The lowest BCUT2D eigenvalue weighted by Crippen LogP contribution is -2.62. The first-order valence-electron chi connectivity index (χ1n) is 20.8. The summed E-state index contributed by atoms with van der Waals surface area (Å²) in [4.78, 5) is 14.0. The molecule has 0 aliphatic carbocycles. The number of carbonyl (C=O) groups excluding carboxylic acids is 1. The second-order valence-corrected chi connectivity index (χ2v) is 18.1. The minimum Gasteiger partial charge on any atom is -0.459 e. The largest absolute Gasteiger partial charge is 0.459 e. The Hall–Kier alpha value is -1.49. The smallest absolute Gasteiger partial charge is 0.308 e. The van der Waals surface area contributed by atoms with Crippen molar-refractivity contribution in [1.29, 1.82) is 0 Å². The number of hydrogen-bond donors (Lipinski definition) is 2. The van der Waals surface area contributed by atoms with Gasteiger partial charge < -0.3 is 57.6 Å². The molecular weight excluding hydrogens is 700 g/mol. The van der Waals surface area contributed by atoms with Gasteiger partial charge in [-0.3, -0.25) is 4.79 Å². The van der Waals surface area contributed by atoms with Crippen LogP contribution in [0.1, 0.15) is 90.9 Å². The van der Waals surface area contributed by atoms with Gasteiger partial charge in [-0.15, -0.1) is 0 Å². The zero-order valence-electron chi connectivity index (χ0n) is 31.5. The highest BCUT2D eigenvalue weighted by Gasteiger charge is 2.69. The fourth-order valence-electron chi connectivity index (χ4n) is 11.7. The minimum absolute atomic E-state index is 0.000828. The molecule has 2 N–H and O–H groups in total. The Morgan fingerprint density at radius 2 is 1.41 bits per heavy atom. The van der Waals surface area contributed by atoms with Crippen molar-refractivity contribution in [1.82, 2.24) is 0 Å². The predicted molar refractivity (Wildman–Crippen MR) is 188 cm³/mol. The van der Waals surface area contributed by atoms with Crippen molar-refractivity contribution in [3.8, 4) is 0 Å². The Bertz CT molecular complexity index is 1470. The van der Waals surface area contributed by atoms with Gasteiger partial charge in [0.1, 0.15) is 42.7 Å². The van der Waals surface area contributed by atoms with E-state index in [9.17, 15) is 15.0 Å². The molecule has 0 aromatic carbocycles. The van der Waals surface area contributed by atoms with E-state index < -0.39 is 54.6 Å². The zero-order valence-corrected chi connectivity index (χ0v) is 31.5. The van der Waals surface area contributed by atoms with E-state index in [0.717, 1.165) is 49.7 Å². The highest BCUT2D eigenvalue weighted by molar-refractivity contribution is 5.70. The summed E-state index contributed by atoms with van der Waals surface area (Å²) in [5, 5.41) is 20.7. The van der Waals surface area contributed by atoms with Gasteiger partial charge in [-0.1, -0.05) is 27.0 Å². The lowest BCUT2D eigenvalue weighted by atomic mass is 9.79. The summed E-state index contributed by atoms with van der Waals surface area (Å²) in [5.74, 6) is -1.22. The molecule has 54 heavy (non-hydrogen) atoms. The summed E-state index contributed by atoms with van der Waals surface area (Å²) in [6.45, 7) is 12.8. The summed E-state index contributed by atoms with van der Waals surface area (Å²) in [6.07, 6.45) is 1.52. The van der Waals surface area contributed by atoms with E-state index in [-0.39, 0.29) is 91.9 Å². The van der Waals surface area contributed by atoms with Crippen molar-refractivity contribution in [3.05, 3.63) is 24.3 Å². The highest BCUT2D eigenvalue weighted by atomic mass is 16.8. The number of carbonyl (C=O) groups is 1. The van der Waals surface area contributed by atoms with Crippen LogP contribution in [0.25, 0.3) is 0 Å². The normalized spacial score (nSPS) is 55.7. The minimum atomic E-state index is -0.863. The second kappa shape index (κ2) is 14.1. The van der Waals surface area contributed by atoms with Crippen LogP contribution in [0.4, 0.5) is 0 Å². The lowest BCUT2D eigenvalue weighted by molar-refractivity contribution is -0.293. The van der Waals surface area contributed by atoms with Gasteiger partial charge in [0.25, 0.3) is 0 Å². The molecule has 11 aliphatic heterocycles. The third kappa shape index (κ3) is 6.36. The van der Waals surface area contributed by atoms with Gasteiger partial charge in [0.2, 0.25) is 0 Å². The van der Waals surface area contributed by atoms with Gasteiger partial charge in [-0.25, -0.2) is 0 Å². The molecule has 0 amide bonds. The molecule has 0 unspecified atom stereocenters. The summed E-state index contributed by atoms with van der Waals surface area (Å²) >= 11 is 0. The maximum Gasteiger partial charge on any atom is 0.308 e. The number of hydrogen-bond acceptors (Lipinski definition) is 13. The second-order valence-electron chi connectivity index (χ2n) is 18.1. The van der Waals surface area contributed by atoms with Crippen molar-refractivity contribution in [3.63, 3.8) is 0 Å². The zero-order chi connectivity index (χ0) is 37.0. The number of esters is 1. The maximum absolute atomic E-state index is 14.0. The molecule has 0 aromatic heterocycles. The molecule has 13 nitrogen and oxygen atoms in total. The van der Waals surface area contributed by atoms with Crippen LogP contribution in [0.15, 0.2) is 24.3 Å². The topological polar surface area (TPSA) is 150 Å². The van der Waals surface area contributed by atoms with Crippen LogP contribution >= 0.6 is 0 Å². The van der Waals surface area contributed by atoms with Crippen LogP contribution in [0, 0.1) is 11.8 Å². The molecule has 11 rings (SSSR count). The van der Waals surface area contributed by atoms with Crippen molar-refractivity contribution >= 4 is 5.97 Å². The van der Waals surface area contributed by atoms with Gasteiger partial charge in [0, 0.05) is 31.6 Å². The average molecular weight is 759 g/mol. The molecular formula is C41H58O13. The van der Waals surface area contributed by atoms with Crippen molar-refractivity contribution in [2.45, 2.75) is 207 Å². The Kier molecular flexibility index (Phi) is 9.62. The molecule has 11 fully saturated rings. The van der Waals surface area contributed by atoms with Crippen LogP contribution in [-0.4, -0.2) is 138 Å². The van der Waals surface area contributed by atoms with Crippen LogP contribution in [0.2, 0.25) is 0 Å². The van der Waals surface area contributed by atoms with E-state index in [1.54, 1.807) is 0 Å². The molecule has 0 radical (unpaired) electrons. The van der Waals surface area contributed by atoms with Gasteiger partial charge in [-0.2, -0.15) is 0 Å². The predicted octanol–water partition coefficient (Wildman–Crippen LogP) is 3.20. The quantitative estimate of drug-likeness (QED) is 0.298. The fourth-order valence-corrected chi connectivity index (χ4v) is 11.7.